The monoisotopic (exact) mass is 378 g/mol. The topological polar surface area (TPSA) is 62.0 Å². The van der Waals surface area contributed by atoms with Crippen LogP contribution in [0.3, 0.4) is 0 Å². The average Bonchev–Trinajstić information content (AvgIpc) is 2.56. The van der Waals surface area contributed by atoms with E-state index in [2.05, 4.69) is 26.2 Å². The molecule has 1 unspecified atom stereocenters. The third kappa shape index (κ3) is 4.14. The molecule has 0 radical (unpaired) electrons. The summed E-state index contributed by atoms with van der Waals surface area (Å²) in [5.41, 5.74) is 5.11. The van der Waals surface area contributed by atoms with Gasteiger partial charge in [-0.1, -0.05) is 27.6 Å². The lowest BCUT2D eigenvalue weighted by atomic mass is 9.90. The van der Waals surface area contributed by atoms with Gasteiger partial charge < -0.3 is 10.3 Å². The SMILES string of the molecule is O=C1CCC2=C(CCCC2)N1.O=c1ccc2c([nH]1)C(Br)CCC2. The number of hydrogen-bond donors (Lipinski definition) is 2. The maximum absolute atomic E-state index is 11.0. The van der Waals surface area contributed by atoms with Gasteiger partial charge in [-0.2, -0.15) is 0 Å². The number of amides is 1. The van der Waals surface area contributed by atoms with Gasteiger partial charge in [0.05, 0.1) is 4.83 Å². The van der Waals surface area contributed by atoms with Gasteiger partial charge in [-0.15, -0.1) is 0 Å². The number of allylic oxidation sites excluding steroid dienone is 2. The minimum absolute atomic E-state index is 0.0000926. The van der Waals surface area contributed by atoms with Crippen molar-refractivity contribution in [3.63, 3.8) is 0 Å². The van der Waals surface area contributed by atoms with Crippen LogP contribution in [0, 0.1) is 0 Å². The average molecular weight is 379 g/mol. The van der Waals surface area contributed by atoms with E-state index in [9.17, 15) is 9.59 Å². The molecule has 4 rings (SSSR count). The van der Waals surface area contributed by atoms with Crippen molar-refractivity contribution >= 4 is 21.8 Å². The van der Waals surface area contributed by atoms with Gasteiger partial charge in [-0.05, 0) is 56.9 Å². The van der Waals surface area contributed by atoms with Crippen LogP contribution < -0.4 is 10.9 Å². The molecular formula is C18H23BrN2O2. The minimum Gasteiger partial charge on any atom is -0.330 e. The van der Waals surface area contributed by atoms with Crippen molar-refractivity contribution in [2.24, 2.45) is 0 Å². The van der Waals surface area contributed by atoms with Crippen LogP contribution in [0.1, 0.15) is 67.5 Å². The van der Waals surface area contributed by atoms with E-state index in [0.717, 1.165) is 31.4 Å². The number of rotatable bonds is 0. The highest BCUT2D eigenvalue weighted by atomic mass is 79.9. The third-order valence-corrected chi connectivity index (χ3v) is 5.70. The Kier molecular flexibility index (Phi) is 5.36. The number of alkyl halides is 1. The molecule has 1 amide bonds. The van der Waals surface area contributed by atoms with Crippen LogP contribution in [0.2, 0.25) is 0 Å². The molecule has 4 nitrogen and oxygen atoms in total. The number of carbonyl (C=O) groups excluding carboxylic acids is 1. The molecule has 1 aromatic rings. The first kappa shape index (κ1) is 16.5. The third-order valence-electron chi connectivity index (χ3n) is 4.78. The number of H-pyrrole nitrogens is 1. The molecule has 124 valence electrons. The summed E-state index contributed by atoms with van der Waals surface area (Å²) < 4.78 is 0. The molecule has 3 aliphatic rings. The summed E-state index contributed by atoms with van der Waals surface area (Å²) in [7, 11) is 0. The van der Waals surface area contributed by atoms with Gasteiger partial charge in [0, 0.05) is 23.9 Å². The van der Waals surface area contributed by atoms with Gasteiger partial charge >= 0.3 is 0 Å². The van der Waals surface area contributed by atoms with Gasteiger partial charge in [0.15, 0.2) is 0 Å². The maximum Gasteiger partial charge on any atom is 0.248 e. The molecule has 1 aliphatic heterocycles. The van der Waals surface area contributed by atoms with Crippen LogP contribution in [0.15, 0.2) is 28.2 Å². The van der Waals surface area contributed by atoms with E-state index in [0.29, 0.717) is 11.2 Å². The summed E-state index contributed by atoms with van der Waals surface area (Å²) in [6.45, 7) is 0. The zero-order chi connectivity index (χ0) is 16.2. The predicted octanol–water partition coefficient (Wildman–Crippen LogP) is 3.87. The van der Waals surface area contributed by atoms with E-state index < -0.39 is 0 Å². The normalized spacial score (nSPS) is 23.2. The summed E-state index contributed by atoms with van der Waals surface area (Å²) in [5.74, 6) is 0.214. The van der Waals surface area contributed by atoms with Crippen LogP contribution in [-0.4, -0.2) is 10.9 Å². The Hall–Kier alpha value is -1.36. The Morgan fingerprint density at radius 2 is 1.78 bits per heavy atom. The number of aryl methyl sites for hydroxylation is 1. The summed E-state index contributed by atoms with van der Waals surface area (Å²) in [6.07, 6.45) is 10.0. The van der Waals surface area contributed by atoms with Gasteiger partial charge in [0.1, 0.15) is 0 Å². The number of nitrogens with one attached hydrogen (secondary N) is 2. The molecule has 0 saturated carbocycles. The molecule has 2 aliphatic carbocycles. The Morgan fingerprint density at radius 1 is 0.957 bits per heavy atom. The second kappa shape index (κ2) is 7.47. The minimum atomic E-state index is 0.0000926. The molecule has 2 N–H and O–H groups in total. The lowest BCUT2D eigenvalue weighted by Gasteiger charge is -2.24. The van der Waals surface area contributed by atoms with E-state index in [-0.39, 0.29) is 11.5 Å². The summed E-state index contributed by atoms with van der Waals surface area (Å²) in [5, 5.41) is 2.96. The number of aromatic nitrogens is 1. The quantitative estimate of drug-likeness (QED) is 0.673. The van der Waals surface area contributed by atoms with Gasteiger partial charge in [0.2, 0.25) is 11.5 Å². The Balaban J connectivity index is 0.000000136. The van der Waals surface area contributed by atoms with Crippen LogP contribution in [-0.2, 0) is 11.2 Å². The maximum atomic E-state index is 11.0. The second-order valence-corrected chi connectivity index (χ2v) is 7.56. The number of pyridine rings is 1. The fourth-order valence-corrected chi connectivity index (χ4v) is 4.26. The van der Waals surface area contributed by atoms with Crippen molar-refractivity contribution in [3.8, 4) is 0 Å². The molecule has 0 spiro atoms. The molecule has 0 fully saturated rings. The molecule has 0 saturated heterocycles. The van der Waals surface area contributed by atoms with E-state index >= 15 is 0 Å². The number of hydrogen-bond acceptors (Lipinski definition) is 2. The number of fused-ring (bicyclic) bond motifs is 1. The molecular weight excluding hydrogens is 356 g/mol. The summed E-state index contributed by atoms with van der Waals surface area (Å²) >= 11 is 3.55. The van der Waals surface area contributed by atoms with E-state index in [1.807, 2.05) is 6.07 Å². The van der Waals surface area contributed by atoms with Crippen LogP contribution in [0.25, 0.3) is 0 Å². The Morgan fingerprint density at radius 3 is 2.65 bits per heavy atom. The highest BCUT2D eigenvalue weighted by Gasteiger charge is 2.19. The number of carbonyl (C=O) groups is 1. The smallest absolute Gasteiger partial charge is 0.248 e. The van der Waals surface area contributed by atoms with Crippen LogP contribution in [0.4, 0.5) is 0 Å². The molecule has 5 heteroatoms. The standard InChI is InChI=1S/C9H10BrNO.C9H13NO/c10-7-3-1-2-6-4-5-8(12)11-9(6)7;11-9-6-5-7-3-1-2-4-8(7)10-9/h4-5,7H,1-3H2,(H,11,12);1-6H2,(H,10,11). The second-order valence-electron chi connectivity index (χ2n) is 6.46. The summed E-state index contributed by atoms with van der Waals surface area (Å²) in [6, 6.07) is 3.53. The van der Waals surface area contributed by atoms with Crippen molar-refractivity contribution < 1.29 is 4.79 Å². The van der Waals surface area contributed by atoms with Crippen molar-refractivity contribution in [1.29, 1.82) is 0 Å². The lowest BCUT2D eigenvalue weighted by molar-refractivity contribution is -0.120. The molecule has 0 bridgehead atoms. The van der Waals surface area contributed by atoms with Crippen molar-refractivity contribution in [3.05, 3.63) is 45.0 Å². The lowest BCUT2D eigenvalue weighted by Crippen LogP contribution is -2.29. The highest BCUT2D eigenvalue weighted by molar-refractivity contribution is 9.09. The van der Waals surface area contributed by atoms with E-state index in [1.165, 1.54) is 42.5 Å². The molecule has 0 aromatic carbocycles. The zero-order valence-corrected chi connectivity index (χ0v) is 14.9. The molecule has 1 atom stereocenters. The van der Waals surface area contributed by atoms with Crippen molar-refractivity contribution in [2.75, 3.05) is 0 Å². The van der Waals surface area contributed by atoms with Crippen LogP contribution in [0.5, 0.6) is 0 Å². The number of halogens is 1. The molecule has 2 heterocycles. The first-order valence-electron chi connectivity index (χ1n) is 8.50. The van der Waals surface area contributed by atoms with E-state index in [1.54, 1.807) is 6.07 Å². The summed E-state index contributed by atoms with van der Waals surface area (Å²) in [4.78, 5) is 25.2. The van der Waals surface area contributed by atoms with Gasteiger partial charge in [0.25, 0.3) is 0 Å². The largest absolute Gasteiger partial charge is 0.330 e. The van der Waals surface area contributed by atoms with Crippen molar-refractivity contribution in [2.45, 2.75) is 62.6 Å². The van der Waals surface area contributed by atoms with Gasteiger partial charge in [-0.25, -0.2) is 0 Å². The Labute approximate surface area is 144 Å². The van der Waals surface area contributed by atoms with Crippen LogP contribution >= 0.6 is 15.9 Å². The van der Waals surface area contributed by atoms with Crippen molar-refractivity contribution in [1.82, 2.24) is 10.3 Å². The molecule has 23 heavy (non-hydrogen) atoms. The fourth-order valence-electron chi connectivity index (χ4n) is 3.52. The predicted molar refractivity (Wildman–Crippen MR) is 94.5 cm³/mol. The van der Waals surface area contributed by atoms with Gasteiger partial charge in [-0.3, -0.25) is 9.59 Å². The first-order chi connectivity index (χ1) is 11.1. The first-order valence-corrected chi connectivity index (χ1v) is 9.42. The fraction of sp³-hybridized carbons (Fsp3) is 0.556. The van der Waals surface area contributed by atoms with E-state index in [4.69, 9.17) is 0 Å². The number of aromatic amines is 1. The zero-order valence-electron chi connectivity index (χ0n) is 13.3. The molecule has 1 aromatic heterocycles. The Bertz CT molecular complexity index is 678. The highest BCUT2D eigenvalue weighted by Crippen LogP contribution is 2.33.